The zero-order chi connectivity index (χ0) is 24.0. The predicted molar refractivity (Wildman–Crippen MR) is 157 cm³/mol. The van der Waals surface area contributed by atoms with Crippen LogP contribution in [0.5, 0.6) is 0 Å². The summed E-state index contributed by atoms with van der Waals surface area (Å²) in [6.07, 6.45) is 0. The van der Waals surface area contributed by atoms with E-state index >= 15 is 0 Å². The smallest absolute Gasteiger partial charge is 0.152 e. The summed E-state index contributed by atoms with van der Waals surface area (Å²) in [6, 6.07) is 20.8. The molecule has 5 aromatic rings. The lowest BCUT2D eigenvalue weighted by molar-refractivity contribution is 1.34. The fourth-order valence-electron chi connectivity index (χ4n) is 5.39. The van der Waals surface area contributed by atoms with Crippen LogP contribution in [0.1, 0.15) is 33.4 Å². The third kappa shape index (κ3) is 4.35. The van der Waals surface area contributed by atoms with E-state index in [0.29, 0.717) is 0 Å². The molecule has 0 aliphatic carbocycles. The van der Waals surface area contributed by atoms with Gasteiger partial charge in [-0.3, -0.25) is 0 Å². The Labute approximate surface area is 216 Å². The molecule has 3 aromatic heterocycles. The molecule has 3 heterocycles. The molecule has 0 aliphatic rings. The minimum absolute atomic E-state index is 0.247. The molecule has 4 heteroatoms. The molecule has 0 saturated carbocycles. The maximum atomic E-state index is 2.37. The Balaban J connectivity index is 1.65. The first-order valence-corrected chi connectivity index (χ1v) is 14.3. The molecule has 5 rings (SSSR count). The second-order valence-electron chi connectivity index (χ2n) is 9.44. The van der Waals surface area contributed by atoms with Crippen molar-refractivity contribution in [3.05, 3.63) is 98.7 Å². The fraction of sp³-hybridized carbons (Fsp3) is 0.200. The van der Waals surface area contributed by atoms with Gasteiger partial charge in [0.1, 0.15) is 0 Å². The van der Waals surface area contributed by atoms with Crippen LogP contribution in [0.4, 0.5) is 0 Å². The number of thiophene rings is 3. The lowest BCUT2D eigenvalue weighted by Gasteiger charge is -2.23. The van der Waals surface area contributed by atoms with Gasteiger partial charge < -0.3 is 0 Å². The standard InChI is InChI=1S/C30H29BS3/c1-18-13-20(3)29(21(4)14-18)31(30-22(5)15-19(2)16-23(30)6)28-10-9-27(34-28)26-8-7-25(33-26)24-11-12-32-17-24/h7-17H,1-6H3. The van der Waals surface area contributed by atoms with Crippen molar-refractivity contribution in [2.45, 2.75) is 41.5 Å². The molecular weight excluding hydrogens is 467 g/mol. The van der Waals surface area contributed by atoms with Crippen LogP contribution in [-0.4, -0.2) is 6.71 Å². The Morgan fingerprint density at radius 1 is 0.559 bits per heavy atom. The van der Waals surface area contributed by atoms with Gasteiger partial charge in [-0.15, -0.1) is 22.7 Å². The Bertz CT molecular complexity index is 1360. The van der Waals surface area contributed by atoms with E-state index in [1.807, 2.05) is 22.7 Å². The lowest BCUT2D eigenvalue weighted by Crippen LogP contribution is -2.54. The molecule has 0 fully saturated rings. The summed E-state index contributed by atoms with van der Waals surface area (Å²) in [6.45, 7) is 13.8. The van der Waals surface area contributed by atoms with Crippen molar-refractivity contribution in [3.8, 4) is 20.2 Å². The van der Waals surface area contributed by atoms with Gasteiger partial charge in [0.25, 0.3) is 6.71 Å². The summed E-state index contributed by atoms with van der Waals surface area (Å²) in [5, 5.41) is 4.39. The van der Waals surface area contributed by atoms with Gasteiger partial charge in [0.15, 0.2) is 0 Å². The molecular formula is C30H29BS3. The number of hydrogen-bond donors (Lipinski definition) is 0. The molecule has 0 nitrogen and oxygen atoms in total. The first-order valence-electron chi connectivity index (χ1n) is 11.7. The van der Waals surface area contributed by atoms with Crippen molar-refractivity contribution < 1.29 is 0 Å². The van der Waals surface area contributed by atoms with E-state index in [1.54, 1.807) is 11.3 Å². The first kappa shape index (κ1) is 23.4. The van der Waals surface area contributed by atoms with Crippen LogP contribution in [0.3, 0.4) is 0 Å². The molecule has 34 heavy (non-hydrogen) atoms. The van der Waals surface area contributed by atoms with E-state index in [9.17, 15) is 0 Å². The van der Waals surface area contributed by atoms with Gasteiger partial charge in [-0.1, -0.05) is 74.6 Å². The zero-order valence-electron chi connectivity index (χ0n) is 20.7. The monoisotopic (exact) mass is 496 g/mol. The minimum atomic E-state index is 0.247. The Kier molecular flexibility index (Phi) is 6.41. The fourth-order valence-corrected chi connectivity index (χ4v) is 8.34. The highest BCUT2D eigenvalue weighted by Gasteiger charge is 2.30. The maximum Gasteiger partial charge on any atom is 0.255 e. The average Bonchev–Trinajstić information content (AvgIpc) is 3.52. The van der Waals surface area contributed by atoms with Crippen molar-refractivity contribution >= 4 is 56.4 Å². The largest absolute Gasteiger partial charge is 0.255 e. The van der Waals surface area contributed by atoms with Gasteiger partial charge >= 0.3 is 0 Å². The third-order valence-electron chi connectivity index (χ3n) is 6.62. The number of aryl methyl sites for hydroxylation is 6. The summed E-state index contributed by atoms with van der Waals surface area (Å²) >= 11 is 5.60. The SMILES string of the molecule is Cc1cc(C)c(B(c2ccc(-c3ccc(-c4ccsc4)s3)s2)c2c(C)cc(C)cc2C)c(C)c1. The highest BCUT2D eigenvalue weighted by Crippen LogP contribution is 2.37. The first-order chi connectivity index (χ1) is 16.3. The highest BCUT2D eigenvalue weighted by molar-refractivity contribution is 7.32. The molecule has 170 valence electrons. The number of hydrogen-bond acceptors (Lipinski definition) is 3. The van der Waals surface area contributed by atoms with E-state index in [0.717, 1.165) is 0 Å². The van der Waals surface area contributed by atoms with Gasteiger partial charge in [0.05, 0.1) is 0 Å². The van der Waals surface area contributed by atoms with Crippen molar-refractivity contribution in [3.63, 3.8) is 0 Å². The predicted octanol–water partition coefficient (Wildman–Crippen LogP) is 7.57. The maximum absolute atomic E-state index is 2.37. The second kappa shape index (κ2) is 9.33. The molecule has 0 N–H and O–H groups in total. The Morgan fingerprint density at radius 3 is 1.59 bits per heavy atom. The van der Waals surface area contributed by atoms with Gasteiger partial charge in [-0.2, -0.15) is 11.3 Å². The van der Waals surface area contributed by atoms with Gasteiger partial charge in [-0.05, 0) is 81.3 Å². The molecule has 0 spiro atoms. The van der Waals surface area contributed by atoms with Crippen LogP contribution >= 0.6 is 34.0 Å². The van der Waals surface area contributed by atoms with Crippen LogP contribution in [0, 0.1) is 41.5 Å². The zero-order valence-corrected chi connectivity index (χ0v) is 23.1. The summed E-state index contributed by atoms with van der Waals surface area (Å²) in [4.78, 5) is 4.06. The van der Waals surface area contributed by atoms with Crippen molar-refractivity contribution in [1.82, 2.24) is 0 Å². The van der Waals surface area contributed by atoms with E-state index in [-0.39, 0.29) is 6.71 Å². The lowest BCUT2D eigenvalue weighted by atomic mass is 9.37. The summed E-state index contributed by atoms with van der Waals surface area (Å²) < 4.78 is 1.42. The van der Waals surface area contributed by atoms with Crippen LogP contribution in [-0.2, 0) is 0 Å². The molecule has 0 amide bonds. The Hall–Kier alpha value is -2.40. The quantitative estimate of drug-likeness (QED) is 0.220. The number of benzene rings is 2. The van der Waals surface area contributed by atoms with Gasteiger partial charge in [0, 0.05) is 20.2 Å². The van der Waals surface area contributed by atoms with Crippen LogP contribution in [0.2, 0.25) is 0 Å². The summed E-state index contributed by atoms with van der Waals surface area (Å²) in [5.74, 6) is 0. The normalized spacial score (nSPS) is 11.2. The van der Waals surface area contributed by atoms with Gasteiger partial charge in [-0.25, -0.2) is 0 Å². The molecule has 0 atom stereocenters. The van der Waals surface area contributed by atoms with Crippen molar-refractivity contribution in [2.75, 3.05) is 0 Å². The molecule has 0 unspecified atom stereocenters. The third-order valence-corrected chi connectivity index (χ3v) is 9.78. The topological polar surface area (TPSA) is 0 Å². The van der Waals surface area contributed by atoms with E-state index in [2.05, 4.69) is 107 Å². The van der Waals surface area contributed by atoms with Crippen molar-refractivity contribution in [2.24, 2.45) is 0 Å². The highest BCUT2D eigenvalue weighted by atomic mass is 32.1. The summed E-state index contributed by atoms with van der Waals surface area (Å²) in [7, 11) is 0. The van der Waals surface area contributed by atoms with Crippen LogP contribution in [0.15, 0.2) is 65.4 Å². The molecule has 0 aliphatic heterocycles. The van der Waals surface area contributed by atoms with Crippen LogP contribution < -0.4 is 15.7 Å². The minimum Gasteiger partial charge on any atom is -0.152 e. The summed E-state index contributed by atoms with van der Waals surface area (Å²) in [5.41, 5.74) is 12.4. The Morgan fingerprint density at radius 2 is 1.06 bits per heavy atom. The number of rotatable bonds is 5. The van der Waals surface area contributed by atoms with Crippen molar-refractivity contribution in [1.29, 1.82) is 0 Å². The van der Waals surface area contributed by atoms with E-state index in [4.69, 9.17) is 0 Å². The average molecular weight is 497 g/mol. The van der Waals surface area contributed by atoms with E-state index in [1.165, 1.54) is 69.3 Å². The van der Waals surface area contributed by atoms with Crippen LogP contribution in [0.25, 0.3) is 20.2 Å². The van der Waals surface area contributed by atoms with Gasteiger partial charge in [0.2, 0.25) is 0 Å². The molecule has 2 aromatic carbocycles. The second-order valence-corrected chi connectivity index (χ2v) is 12.4. The molecule has 0 saturated heterocycles. The van der Waals surface area contributed by atoms with E-state index < -0.39 is 0 Å². The molecule has 0 bridgehead atoms. The molecule has 0 radical (unpaired) electrons.